The smallest absolute Gasteiger partial charge is 0.228 e. The molecule has 2 atom stereocenters. The molecule has 1 aliphatic carbocycles. The van der Waals surface area contributed by atoms with Crippen LogP contribution >= 0.6 is 0 Å². The summed E-state index contributed by atoms with van der Waals surface area (Å²) in [6.45, 7) is 9.40. The fourth-order valence-corrected chi connectivity index (χ4v) is 3.37. The summed E-state index contributed by atoms with van der Waals surface area (Å²) in [6, 6.07) is 5.78. The normalized spacial score (nSPS) is 26.7. The number of aliphatic carboxylic acids is 1. The average molecular weight is 302 g/mol. The van der Waals surface area contributed by atoms with E-state index in [1.807, 2.05) is 45.9 Å². The number of carboxylic acids is 1. The zero-order valence-corrected chi connectivity index (χ0v) is 13.9. The Labute approximate surface area is 131 Å². The molecule has 1 aromatic rings. The number of carbonyl (C=O) groups excluding carboxylic acids is 2. The van der Waals surface area contributed by atoms with Crippen LogP contribution in [0.2, 0.25) is 0 Å². The molecule has 0 spiro atoms. The largest absolute Gasteiger partial charge is 0.550 e. The zero-order chi connectivity index (χ0) is 16.7. The van der Waals surface area contributed by atoms with E-state index in [1.165, 1.54) is 5.56 Å². The maximum absolute atomic E-state index is 12.6. The van der Waals surface area contributed by atoms with E-state index in [-0.39, 0.29) is 11.8 Å². The standard InChI is InChI=1S/C18H25NO3/c1-11-6-7-13(10-12(11)2)19-15(20)14-8-9-18(5,16(21)22)17(14,3)4/h6-7,10,14H,8-9H2,1-5H3,(H,19,20)(H,21,22)/p-1/t14-,18-/m1/s1. The topological polar surface area (TPSA) is 69.2 Å². The van der Waals surface area contributed by atoms with Crippen molar-refractivity contribution in [2.75, 3.05) is 5.32 Å². The fourth-order valence-electron chi connectivity index (χ4n) is 3.37. The number of rotatable bonds is 3. The van der Waals surface area contributed by atoms with Gasteiger partial charge in [-0.1, -0.05) is 26.8 Å². The number of carboxylic acid groups (broad SMARTS) is 1. The van der Waals surface area contributed by atoms with Gasteiger partial charge in [0.25, 0.3) is 0 Å². The summed E-state index contributed by atoms with van der Waals surface area (Å²) in [5, 5.41) is 14.4. The lowest BCUT2D eigenvalue weighted by atomic mass is 9.65. The number of hydrogen-bond acceptors (Lipinski definition) is 3. The van der Waals surface area contributed by atoms with E-state index in [2.05, 4.69) is 5.32 Å². The Bertz CT molecular complexity index is 621. The third kappa shape index (κ3) is 2.51. The number of nitrogens with one attached hydrogen (secondary N) is 1. The van der Waals surface area contributed by atoms with Gasteiger partial charge in [-0.05, 0) is 55.4 Å². The first-order valence-electron chi connectivity index (χ1n) is 7.69. The van der Waals surface area contributed by atoms with E-state index in [9.17, 15) is 14.7 Å². The molecule has 0 bridgehead atoms. The van der Waals surface area contributed by atoms with Crippen molar-refractivity contribution in [3.63, 3.8) is 0 Å². The fraction of sp³-hybridized carbons (Fsp3) is 0.556. The Morgan fingerprint density at radius 1 is 1.18 bits per heavy atom. The van der Waals surface area contributed by atoms with Crippen LogP contribution in [0.15, 0.2) is 18.2 Å². The summed E-state index contributed by atoms with van der Waals surface area (Å²) in [7, 11) is 0. The molecule has 0 aliphatic heterocycles. The van der Waals surface area contributed by atoms with Gasteiger partial charge in [0.15, 0.2) is 0 Å². The lowest BCUT2D eigenvalue weighted by Crippen LogP contribution is -2.49. The van der Waals surface area contributed by atoms with Crippen LogP contribution in [0.5, 0.6) is 0 Å². The molecular formula is C18H24NO3-. The molecule has 0 saturated heterocycles. The second-order valence-corrected chi connectivity index (χ2v) is 7.22. The summed E-state index contributed by atoms with van der Waals surface area (Å²) in [5.41, 5.74) is 1.42. The molecule has 1 saturated carbocycles. The third-order valence-electron chi connectivity index (χ3n) is 5.77. The zero-order valence-electron chi connectivity index (χ0n) is 13.9. The van der Waals surface area contributed by atoms with Crippen molar-refractivity contribution in [3.05, 3.63) is 29.3 Å². The van der Waals surface area contributed by atoms with Gasteiger partial charge in [-0.15, -0.1) is 0 Å². The van der Waals surface area contributed by atoms with Crippen LogP contribution in [0.25, 0.3) is 0 Å². The summed E-state index contributed by atoms with van der Waals surface area (Å²) >= 11 is 0. The molecule has 0 heterocycles. The van der Waals surface area contributed by atoms with Crippen LogP contribution in [0.4, 0.5) is 5.69 Å². The molecule has 0 unspecified atom stereocenters. The Kier molecular flexibility index (Phi) is 4.07. The van der Waals surface area contributed by atoms with Gasteiger partial charge in [0.1, 0.15) is 0 Å². The van der Waals surface area contributed by atoms with E-state index >= 15 is 0 Å². The average Bonchev–Trinajstić information content (AvgIpc) is 2.66. The highest BCUT2D eigenvalue weighted by Gasteiger charge is 2.54. The van der Waals surface area contributed by atoms with Crippen LogP contribution in [0, 0.1) is 30.6 Å². The van der Waals surface area contributed by atoms with Gasteiger partial charge < -0.3 is 15.2 Å². The molecule has 2 rings (SSSR count). The summed E-state index contributed by atoms with van der Waals surface area (Å²) in [5.74, 6) is -1.52. The predicted molar refractivity (Wildman–Crippen MR) is 84.2 cm³/mol. The van der Waals surface area contributed by atoms with E-state index in [0.29, 0.717) is 12.8 Å². The van der Waals surface area contributed by atoms with Crippen LogP contribution in [0.1, 0.15) is 44.7 Å². The van der Waals surface area contributed by atoms with Crippen molar-refractivity contribution in [1.29, 1.82) is 0 Å². The van der Waals surface area contributed by atoms with E-state index in [1.54, 1.807) is 6.92 Å². The minimum absolute atomic E-state index is 0.113. The Morgan fingerprint density at radius 3 is 2.32 bits per heavy atom. The molecule has 22 heavy (non-hydrogen) atoms. The van der Waals surface area contributed by atoms with Crippen LogP contribution < -0.4 is 10.4 Å². The molecule has 120 valence electrons. The quantitative estimate of drug-likeness (QED) is 0.932. The van der Waals surface area contributed by atoms with Crippen LogP contribution in [0.3, 0.4) is 0 Å². The SMILES string of the molecule is Cc1ccc(NC(=O)[C@H]2CC[C@](C)(C(=O)[O-])C2(C)C)cc1C. The van der Waals surface area contributed by atoms with Gasteiger partial charge in [-0.3, -0.25) is 4.79 Å². The summed E-state index contributed by atoms with van der Waals surface area (Å²) < 4.78 is 0. The van der Waals surface area contributed by atoms with Crippen molar-refractivity contribution in [2.24, 2.45) is 16.7 Å². The van der Waals surface area contributed by atoms with Crippen molar-refractivity contribution < 1.29 is 14.7 Å². The Morgan fingerprint density at radius 2 is 1.82 bits per heavy atom. The van der Waals surface area contributed by atoms with Gasteiger partial charge in [-0.25, -0.2) is 0 Å². The van der Waals surface area contributed by atoms with E-state index in [4.69, 9.17) is 0 Å². The molecule has 4 nitrogen and oxygen atoms in total. The van der Waals surface area contributed by atoms with Gasteiger partial charge in [0.2, 0.25) is 5.91 Å². The summed E-state index contributed by atoms with van der Waals surface area (Å²) in [4.78, 5) is 24.1. The molecule has 4 heteroatoms. The minimum atomic E-state index is -1.07. The molecule has 1 fully saturated rings. The third-order valence-corrected chi connectivity index (χ3v) is 5.77. The Hall–Kier alpha value is -1.84. The van der Waals surface area contributed by atoms with Gasteiger partial charge in [-0.2, -0.15) is 0 Å². The molecule has 0 aromatic heterocycles. The van der Waals surface area contributed by atoms with Crippen molar-refractivity contribution in [3.8, 4) is 0 Å². The monoisotopic (exact) mass is 302 g/mol. The Balaban J connectivity index is 2.20. The number of benzene rings is 1. The molecule has 0 radical (unpaired) electrons. The van der Waals surface area contributed by atoms with E-state index < -0.39 is 16.8 Å². The first-order chi connectivity index (χ1) is 10.1. The van der Waals surface area contributed by atoms with Gasteiger partial charge >= 0.3 is 0 Å². The van der Waals surface area contributed by atoms with Crippen molar-refractivity contribution in [1.82, 2.24) is 0 Å². The van der Waals surface area contributed by atoms with Crippen LogP contribution in [-0.2, 0) is 9.59 Å². The van der Waals surface area contributed by atoms with Crippen molar-refractivity contribution in [2.45, 2.75) is 47.5 Å². The maximum atomic E-state index is 12.6. The first-order valence-corrected chi connectivity index (χ1v) is 7.69. The lowest BCUT2D eigenvalue weighted by Gasteiger charge is -2.41. The number of carbonyl (C=O) groups is 2. The number of aryl methyl sites for hydroxylation is 2. The summed E-state index contributed by atoms with van der Waals surface area (Å²) in [6.07, 6.45) is 1.03. The molecule has 1 aliphatic rings. The van der Waals surface area contributed by atoms with Gasteiger partial charge in [0.05, 0.1) is 0 Å². The van der Waals surface area contributed by atoms with Crippen molar-refractivity contribution >= 4 is 17.6 Å². The second-order valence-electron chi connectivity index (χ2n) is 7.22. The number of anilines is 1. The molecule has 1 amide bonds. The minimum Gasteiger partial charge on any atom is -0.550 e. The second kappa shape index (κ2) is 5.41. The highest BCUT2D eigenvalue weighted by molar-refractivity contribution is 5.94. The number of hydrogen-bond donors (Lipinski definition) is 1. The maximum Gasteiger partial charge on any atom is 0.228 e. The lowest BCUT2D eigenvalue weighted by molar-refractivity contribution is -0.323. The molecule has 1 aromatic carbocycles. The highest BCUT2D eigenvalue weighted by atomic mass is 16.4. The first kappa shape index (κ1) is 16.5. The number of amides is 1. The van der Waals surface area contributed by atoms with Gasteiger partial charge in [0, 0.05) is 23.0 Å². The molecule has 1 N–H and O–H groups in total. The highest BCUT2D eigenvalue weighted by Crippen LogP contribution is 2.55. The molecular weight excluding hydrogens is 278 g/mol. The van der Waals surface area contributed by atoms with Crippen LogP contribution in [-0.4, -0.2) is 11.9 Å². The van der Waals surface area contributed by atoms with E-state index in [0.717, 1.165) is 11.3 Å². The predicted octanol–water partition coefficient (Wildman–Crippen LogP) is 2.43.